The fourth-order valence-electron chi connectivity index (χ4n) is 9.08. The maximum Gasteiger partial charge on any atom is 1.00 e. The van der Waals surface area contributed by atoms with Crippen LogP contribution in [0.1, 0.15) is 68.5 Å². The van der Waals surface area contributed by atoms with E-state index in [1.165, 1.54) is 59.9 Å². The van der Waals surface area contributed by atoms with Crippen molar-refractivity contribution in [2.24, 2.45) is 0 Å². The van der Waals surface area contributed by atoms with E-state index in [4.69, 9.17) is 179 Å². The summed E-state index contributed by atoms with van der Waals surface area (Å²) >= 11 is 79.2. The number of nitrogen functional groups attached to an aromatic ring is 5. The Hall–Kier alpha value is -3.30. The fourth-order valence-corrected chi connectivity index (χ4v) is 13.9. The summed E-state index contributed by atoms with van der Waals surface area (Å²) in [6, 6.07) is 39.4. The normalized spacial score (nSPS) is 12.8. The van der Waals surface area contributed by atoms with E-state index in [9.17, 15) is 45.0 Å². The number of carbonyl (C=O) groups is 2. The fraction of sp³-hybridized carbons (Fsp3) is 0.234. The van der Waals surface area contributed by atoms with Crippen molar-refractivity contribution in [3.63, 3.8) is 0 Å². The average molecular weight is 3000 g/mol. The SMILES string of the molecule is Brc1ccc(I)cc1.C.CC1(C)OB(B2OC(C)(C)C(C)(C)O2)OC1(C)C.COC(=O)CBr.COC(=O)CSc1nc2nc(I)c(Cl)cc2[nH]1.Nc1cc(Cl)c(I)nc1N.Nc1nc(Cl)c(Cl)cc1[N+](=O)[O-].Nc1nc(Cl)ccc1[N+](=O)[O-].Nc1nc(I)c(Cl)cc1[N+](=O)[O-].OB(O)c1ccccc1O.Oc1ccccc1-c1ccc(Br)cc1.S=C(Cl)Cl.S=C1Cc2nc(I)c(Cl)cc2N1.[I-].[Na+]. The van der Waals surface area contributed by atoms with Gasteiger partial charge in [0.1, 0.15) is 42.6 Å². The number of carbonyl (C=O) groups excluding carboxylic acids is 2. The zero-order chi connectivity index (χ0) is 102. The third-order valence-electron chi connectivity index (χ3n) is 17.0. The minimum absolute atomic E-state index is 0. The number of imidazole rings is 1. The standard InChI is InChI=1S/C12H24B2O4.C12H9BrO.C9H7ClIN3O2S.C7H4ClIN2S.C6H7BO3.C6H4BrI.C5H3Cl2N3O2.C5H3ClIN3O2.C5H5ClIN3.C5H4ClN3O2.C3H5BrO2.CCl2S.CH4.HI.Na/c1-9(2)10(3,4)16-13(15-9)14-17-11(5,6)12(7,8)18-14;13-10-7-5-9(6-8-10)11-3-1-2-4-12(11)14;1-16-6(15)3-17-9-12-5-2-4(10)7(11)13-8(5)14-9;8-3-1-4-5(11-7(3)9)2-6(12)10-4;8-6-4-2-1-3-5(6)7(9)10;7-5-1-3-6(8)4-2-5;2*6-2-1-3(10(11)12)5(8)9-4(2)7;6-2-1-3(8)5(9)10-4(2)7;6-4-2-1-3(9(10)11)5(7)8-4;1-6-3(5)2-4;2-1(3)4;;;/h1-8H3;1-8,14H;2H,3H2,1H3,(H,12,13,14);1H,2H2,(H,10,12);1-4,8-10H;1-4H;2*1H,(H2,8,9);1H,8H2,(H2,9,10);1-2H,(H2,7,8);2H2,1H3;;1H4;1H;/q;;;;;;;;;;;;;;+1/p-1. The second-order valence-electron chi connectivity index (χ2n) is 27.5. The summed E-state index contributed by atoms with van der Waals surface area (Å²) in [5.74, 6) is -0.306. The van der Waals surface area contributed by atoms with Crippen LogP contribution in [-0.2, 0) is 44.1 Å². The summed E-state index contributed by atoms with van der Waals surface area (Å²) in [5.41, 5.74) is 29.9. The van der Waals surface area contributed by atoms with Gasteiger partial charge in [0.05, 0.1) is 110 Å². The Morgan fingerprint density at radius 3 is 1.40 bits per heavy atom. The third-order valence-corrected chi connectivity index (χ3v) is 27.0. The number of aromatic hydroxyl groups is 2. The molecular weight excluding hydrogens is 2920 g/mol. The second-order valence-corrected chi connectivity index (χ2v) is 41.2. The average Bonchev–Trinajstić information content (AvgIpc) is 1.59. The molecule has 3 aliphatic rings. The topological polar surface area (TPSA) is 548 Å². The molecule has 3 aliphatic heterocycles. The molecule has 0 radical (unpaired) electrons. The largest absolute Gasteiger partial charge is 1.00 e. The van der Waals surface area contributed by atoms with E-state index in [1.54, 1.807) is 30.3 Å². The van der Waals surface area contributed by atoms with Crippen molar-refractivity contribution in [1.29, 1.82) is 0 Å². The number of aromatic nitrogens is 8. The summed E-state index contributed by atoms with van der Waals surface area (Å²) in [6.45, 7) is 16.2. The first-order valence-electron chi connectivity index (χ1n) is 36.5. The molecule has 2 saturated heterocycles. The molecule has 11 aromatic rings. The van der Waals surface area contributed by atoms with Crippen LogP contribution in [0.5, 0.6) is 11.5 Å². The molecule has 14 rings (SSSR count). The van der Waals surface area contributed by atoms with E-state index in [0.717, 1.165) is 58.1 Å². The van der Waals surface area contributed by atoms with E-state index in [1.807, 2.05) is 184 Å². The maximum absolute atomic E-state index is 11.0. The number of methoxy groups -OCH3 is 2. The number of ether oxygens (including phenoxy) is 2. The Balaban J connectivity index is 0.00000149. The Morgan fingerprint density at radius 1 is 0.569 bits per heavy atom. The van der Waals surface area contributed by atoms with Crippen molar-refractivity contribution in [2.75, 3.05) is 59.3 Å². The number of pyridine rings is 6. The Labute approximate surface area is 981 Å². The van der Waals surface area contributed by atoms with Gasteiger partial charge >= 0.3 is 79.7 Å². The quantitative estimate of drug-likeness (QED) is 0.00579. The number of H-pyrrole nitrogens is 1. The van der Waals surface area contributed by atoms with Crippen LogP contribution in [-0.4, -0.2) is 164 Å². The maximum atomic E-state index is 11.0. The van der Waals surface area contributed by atoms with Crippen molar-refractivity contribution in [1.82, 2.24) is 39.9 Å². The molecule has 0 atom stereocenters. The van der Waals surface area contributed by atoms with Gasteiger partial charge in [0, 0.05) is 48.2 Å². The van der Waals surface area contributed by atoms with Crippen LogP contribution >= 0.6 is 301 Å². The van der Waals surface area contributed by atoms with Gasteiger partial charge in [0.15, 0.2) is 19.7 Å². The first-order chi connectivity index (χ1) is 62.2. The molecule has 4 aromatic carbocycles. The zero-order valence-electron chi connectivity index (χ0n) is 72.0. The number of halogens is 18. The van der Waals surface area contributed by atoms with Gasteiger partial charge in [-0.1, -0.05) is 244 Å². The number of hydrogen-bond acceptors (Lipinski definition) is 33. The number of rotatable bonds is 10. The second kappa shape index (κ2) is 64.6. The van der Waals surface area contributed by atoms with Gasteiger partial charge in [-0.15, -0.1) is 0 Å². The van der Waals surface area contributed by atoms with Crippen molar-refractivity contribution < 1.29 is 126 Å². The molecule has 0 spiro atoms. The third kappa shape index (κ3) is 46.5. The number of nitrogens with one attached hydrogen (secondary N) is 2. The Kier molecular flexibility index (Phi) is 63.1. The summed E-state index contributed by atoms with van der Waals surface area (Å²) in [6.07, 6.45) is 0.734. The van der Waals surface area contributed by atoms with Crippen LogP contribution in [0, 0.1) is 48.7 Å². The summed E-state index contributed by atoms with van der Waals surface area (Å²) in [5, 5.41) is 72.6. The summed E-state index contributed by atoms with van der Waals surface area (Å²) < 4.78 is 38.7. The van der Waals surface area contributed by atoms with E-state index in [0.29, 0.717) is 54.2 Å². The number of thioether (sulfide) groups is 1. The molecule has 60 heteroatoms. The minimum atomic E-state index is -1.60. The molecule has 0 saturated carbocycles. The first-order valence-corrected chi connectivity index (χ1v) is 49.8. The van der Waals surface area contributed by atoms with Crippen molar-refractivity contribution in [3.8, 4) is 22.6 Å². The number of anilines is 6. The van der Waals surface area contributed by atoms with Crippen LogP contribution in [0.4, 0.5) is 51.7 Å². The number of benzene rings is 4. The van der Waals surface area contributed by atoms with Gasteiger partial charge in [-0.25, -0.2) is 34.9 Å². The van der Waals surface area contributed by atoms with Crippen LogP contribution in [0.15, 0.2) is 154 Å². The molecule has 137 heavy (non-hydrogen) atoms. The van der Waals surface area contributed by atoms with E-state index in [-0.39, 0.29) is 176 Å². The summed E-state index contributed by atoms with van der Waals surface area (Å²) in [7, 11) is 0.155. The molecule has 7 aromatic heterocycles. The van der Waals surface area contributed by atoms with Gasteiger partial charge in [0.25, 0.3) is 0 Å². The molecule has 0 unspecified atom stereocenters. The molecule has 35 nitrogen and oxygen atoms in total. The number of nitrogens with two attached hydrogens (primary N) is 5. The van der Waals surface area contributed by atoms with Gasteiger partial charge in [-0.2, -0.15) is 0 Å². The van der Waals surface area contributed by atoms with E-state index in [2.05, 4.69) is 172 Å². The van der Waals surface area contributed by atoms with Crippen molar-refractivity contribution in [2.45, 2.75) is 96.8 Å². The van der Waals surface area contributed by atoms with Gasteiger partial charge in [0.2, 0.25) is 17.5 Å². The molecule has 734 valence electrons. The van der Waals surface area contributed by atoms with Gasteiger partial charge in [-0.3, -0.25) is 39.9 Å². The van der Waals surface area contributed by atoms with E-state index < -0.39 is 35.9 Å². The molecular formula is C77H79B3Br3Cl9I6N17NaO18S3. The zero-order valence-corrected chi connectivity index (χ0v) is 101. The number of phenols is 2. The monoisotopic (exact) mass is 2990 g/mol. The van der Waals surface area contributed by atoms with Crippen LogP contribution in [0.2, 0.25) is 35.4 Å². The number of esters is 2. The molecule has 0 bridgehead atoms. The Bertz CT molecular complexity index is 5660. The number of thiocarbonyl (C=S) groups is 2. The number of phenolic OH excluding ortho intramolecular Hbond substituents is 2. The number of nitro groups is 3. The number of para-hydroxylation sites is 2. The predicted molar refractivity (Wildman–Crippen MR) is 601 cm³/mol. The molecule has 2 fully saturated rings. The molecule has 10 heterocycles. The predicted octanol–water partition coefficient (Wildman–Crippen LogP) is 16.7. The molecule has 0 amide bonds. The van der Waals surface area contributed by atoms with Crippen LogP contribution < -0.4 is 93.0 Å². The number of aromatic amines is 1. The number of alkyl halides is 1. The summed E-state index contributed by atoms with van der Waals surface area (Å²) in [4.78, 5) is 80.9. The van der Waals surface area contributed by atoms with E-state index >= 15 is 0 Å². The number of hydrogen-bond donors (Lipinski definition) is 11. The molecule has 0 aliphatic carbocycles. The first kappa shape index (κ1) is 134. The van der Waals surface area contributed by atoms with Crippen LogP contribution in [0.25, 0.3) is 22.3 Å². The van der Waals surface area contributed by atoms with Crippen LogP contribution in [0.3, 0.4) is 0 Å². The minimum Gasteiger partial charge on any atom is -1.00 e. The smallest absolute Gasteiger partial charge is 1.00 e. The van der Waals surface area contributed by atoms with Gasteiger partial charge < -0.3 is 111 Å². The van der Waals surface area contributed by atoms with Crippen molar-refractivity contribution >= 4 is 412 Å². The van der Waals surface area contributed by atoms with Crippen molar-refractivity contribution in [3.05, 3.63) is 238 Å². The number of fused-ring (bicyclic) bond motifs is 2. The van der Waals surface area contributed by atoms with Gasteiger partial charge in [-0.05, 0) is 247 Å². The Morgan fingerprint density at radius 2 is 0.978 bits per heavy atom. The number of nitrogens with zero attached hydrogens (tertiary/aromatic N) is 10. The molecule has 16 N–H and O–H groups in total.